The van der Waals surface area contributed by atoms with Crippen molar-refractivity contribution in [3.8, 4) is 0 Å². The van der Waals surface area contributed by atoms with Crippen LogP contribution in [0.5, 0.6) is 0 Å². The zero-order valence-electron chi connectivity index (χ0n) is 13.3. The highest BCUT2D eigenvalue weighted by molar-refractivity contribution is 5.74. The molecule has 1 fully saturated rings. The van der Waals surface area contributed by atoms with Crippen molar-refractivity contribution in [1.82, 2.24) is 4.90 Å². The van der Waals surface area contributed by atoms with Gasteiger partial charge in [-0.1, -0.05) is 34.1 Å². The van der Waals surface area contributed by atoms with Gasteiger partial charge in [-0.05, 0) is 50.6 Å². The van der Waals surface area contributed by atoms with Crippen molar-refractivity contribution in [3.05, 3.63) is 0 Å². The predicted molar refractivity (Wildman–Crippen MR) is 79.3 cm³/mol. The van der Waals surface area contributed by atoms with E-state index in [4.69, 9.17) is 0 Å². The van der Waals surface area contributed by atoms with Crippen LogP contribution >= 0.6 is 0 Å². The number of aliphatic carboxylic acids is 1. The number of rotatable bonds is 5. The van der Waals surface area contributed by atoms with E-state index in [1.807, 2.05) is 6.92 Å². The van der Waals surface area contributed by atoms with Gasteiger partial charge in [0.2, 0.25) is 0 Å². The van der Waals surface area contributed by atoms with Crippen LogP contribution < -0.4 is 0 Å². The molecule has 3 nitrogen and oxygen atoms in total. The molecule has 0 amide bonds. The molecule has 0 radical (unpaired) electrons. The molecule has 0 aromatic rings. The summed E-state index contributed by atoms with van der Waals surface area (Å²) in [6, 6.07) is 0. The number of nitrogens with zero attached hydrogens (tertiary/aromatic N) is 1. The van der Waals surface area contributed by atoms with Gasteiger partial charge in [-0.2, -0.15) is 0 Å². The molecule has 1 aliphatic rings. The van der Waals surface area contributed by atoms with Crippen LogP contribution in [0.1, 0.15) is 60.3 Å². The van der Waals surface area contributed by atoms with Crippen molar-refractivity contribution in [3.63, 3.8) is 0 Å². The Kier molecular flexibility index (Phi) is 5.43. The largest absolute Gasteiger partial charge is 0.481 e. The second-order valence-corrected chi connectivity index (χ2v) is 7.53. The third-order valence-corrected chi connectivity index (χ3v) is 4.70. The molecule has 1 N–H and O–H groups in total. The highest BCUT2D eigenvalue weighted by Gasteiger charge is 2.36. The van der Waals surface area contributed by atoms with Crippen LogP contribution in [-0.4, -0.2) is 35.6 Å². The summed E-state index contributed by atoms with van der Waals surface area (Å²) in [7, 11) is 0. The van der Waals surface area contributed by atoms with Gasteiger partial charge in [-0.3, -0.25) is 4.79 Å². The van der Waals surface area contributed by atoms with E-state index in [9.17, 15) is 9.90 Å². The quantitative estimate of drug-likeness (QED) is 0.828. The SMILES string of the molecule is CCCC(C)(CN1CCC(C(C)(C)C)CC1)C(=O)O. The summed E-state index contributed by atoms with van der Waals surface area (Å²) in [4.78, 5) is 13.8. The monoisotopic (exact) mass is 269 g/mol. The van der Waals surface area contributed by atoms with Gasteiger partial charge in [0.1, 0.15) is 0 Å². The molecule has 19 heavy (non-hydrogen) atoms. The fourth-order valence-electron chi connectivity index (χ4n) is 3.26. The Morgan fingerprint density at radius 3 is 2.11 bits per heavy atom. The van der Waals surface area contributed by atoms with Gasteiger partial charge in [-0.25, -0.2) is 0 Å². The molecule has 1 heterocycles. The first kappa shape index (κ1) is 16.5. The van der Waals surface area contributed by atoms with E-state index >= 15 is 0 Å². The van der Waals surface area contributed by atoms with Crippen LogP contribution in [0.3, 0.4) is 0 Å². The van der Waals surface area contributed by atoms with Crippen molar-refractivity contribution in [1.29, 1.82) is 0 Å². The molecular formula is C16H31NO2. The van der Waals surface area contributed by atoms with E-state index in [0.29, 0.717) is 12.0 Å². The third kappa shape index (κ3) is 4.48. The van der Waals surface area contributed by atoms with Crippen molar-refractivity contribution in [2.75, 3.05) is 19.6 Å². The third-order valence-electron chi connectivity index (χ3n) is 4.70. The molecule has 0 bridgehead atoms. The van der Waals surface area contributed by atoms with E-state index in [2.05, 4.69) is 32.6 Å². The van der Waals surface area contributed by atoms with Crippen LogP contribution in [-0.2, 0) is 4.79 Å². The molecule has 0 aromatic heterocycles. The number of likely N-dealkylation sites (tertiary alicyclic amines) is 1. The Bertz CT molecular complexity index is 300. The summed E-state index contributed by atoms with van der Waals surface area (Å²) in [5, 5.41) is 9.45. The highest BCUT2D eigenvalue weighted by Crippen LogP contribution is 2.35. The standard InChI is InChI=1S/C16H31NO2/c1-6-9-16(5,14(18)19)12-17-10-7-13(8-11-17)15(2,3)4/h13H,6-12H2,1-5H3,(H,18,19). The average Bonchev–Trinajstić information content (AvgIpc) is 2.28. The van der Waals surface area contributed by atoms with Crippen LogP contribution in [0.25, 0.3) is 0 Å². The Morgan fingerprint density at radius 1 is 1.21 bits per heavy atom. The van der Waals surface area contributed by atoms with Gasteiger partial charge in [0.05, 0.1) is 5.41 Å². The fourth-order valence-corrected chi connectivity index (χ4v) is 3.26. The van der Waals surface area contributed by atoms with Gasteiger partial charge in [0, 0.05) is 6.54 Å². The minimum atomic E-state index is -0.646. The Balaban J connectivity index is 2.54. The summed E-state index contributed by atoms with van der Waals surface area (Å²) in [6.07, 6.45) is 4.10. The van der Waals surface area contributed by atoms with Crippen molar-refractivity contribution >= 4 is 5.97 Å². The predicted octanol–water partition coefficient (Wildman–Crippen LogP) is 3.64. The lowest BCUT2D eigenvalue weighted by atomic mass is 9.75. The number of hydrogen-bond donors (Lipinski definition) is 1. The molecule has 3 heteroatoms. The Labute approximate surface area is 118 Å². The van der Waals surface area contributed by atoms with E-state index in [1.54, 1.807) is 0 Å². The maximum Gasteiger partial charge on any atom is 0.310 e. The van der Waals surface area contributed by atoms with E-state index in [1.165, 1.54) is 12.8 Å². The molecular weight excluding hydrogens is 238 g/mol. The van der Waals surface area contributed by atoms with Crippen molar-refractivity contribution in [2.45, 2.75) is 60.3 Å². The molecule has 1 atom stereocenters. The van der Waals surface area contributed by atoms with Gasteiger partial charge in [0.25, 0.3) is 0 Å². The first-order valence-electron chi connectivity index (χ1n) is 7.65. The molecule has 1 saturated heterocycles. The minimum absolute atomic E-state index is 0.381. The summed E-state index contributed by atoms with van der Waals surface area (Å²) >= 11 is 0. The summed E-state index contributed by atoms with van der Waals surface area (Å²) in [5.74, 6) is 0.123. The first-order valence-corrected chi connectivity index (χ1v) is 7.65. The first-order chi connectivity index (χ1) is 8.69. The number of carboxylic acid groups (broad SMARTS) is 1. The van der Waals surface area contributed by atoms with Gasteiger partial charge < -0.3 is 10.0 Å². The number of carboxylic acids is 1. The second kappa shape index (κ2) is 6.25. The lowest BCUT2D eigenvalue weighted by Gasteiger charge is -2.41. The smallest absolute Gasteiger partial charge is 0.310 e. The number of piperidine rings is 1. The number of carbonyl (C=O) groups is 1. The summed E-state index contributed by atoms with van der Waals surface area (Å²) in [6.45, 7) is 13.7. The Morgan fingerprint density at radius 2 is 1.74 bits per heavy atom. The summed E-state index contributed by atoms with van der Waals surface area (Å²) < 4.78 is 0. The van der Waals surface area contributed by atoms with E-state index in [0.717, 1.165) is 31.8 Å². The van der Waals surface area contributed by atoms with E-state index in [-0.39, 0.29) is 0 Å². The molecule has 0 aromatic carbocycles. The van der Waals surface area contributed by atoms with Crippen LogP contribution in [0.4, 0.5) is 0 Å². The average molecular weight is 269 g/mol. The topological polar surface area (TPSA) is 40.5 Å². The van der Waals surface area contributed by atoms with Crippen molar-refractivity contribution < 1.29 is 9.90 Å². The fraction of sp³-hybridized carbons (Fsp3) is 0.938. The second-order valence-electron chi connectivity index (χ2n) is 7.53. The normalized spacial score (nSPS) is 22.2. The molecule has 0 spiro atoms. The molecule has 1 rings (SSSR count). The van der Waals surface area contributed by atoms with Crippen LogP contribution in [0.2, 0.25) is 0 Å². The number of hydrogen-bond acceptors (Lipinski definition) is 2. The molecule has 1 aliphatic heterocycles. The van der Waals surface area contributed by atoms with Crippen molar-refractivity contribution in [2.24, 2.45) is 16.7 Å². The zero-order chi connectivity index (χ0) is 14.7. The highest BCUT2D eigenvalue weighted by atomic mass is 16.4. The summed E-state index contributed by atoms with van der Waals surface area (Å²) in [5.41, 5.74) is -0.199. The maximum absolute atomic E-state index is 11.5. The van der Waals surface area contributed by atoms with Gasteiger partial charge in [-0.15, -0.1) is 0 Å². The van der Waals surface area contributed by atoms with Gasteiger partial charge in [0.15, 0.2) is 0 Å². The molecule has 112 valence electrons. The molecule has 0 aliphatic carbocycles. The van der Waals surface area contributed by atoms with E-state index < -0.39 is 11.4 Å². The lowest BCUT2D eigenvalue weighted by molar-refractivity contribution is -0.150. The van der Waals surface area contributed by atoms with Crippen LogP contribution in [0, 0.1) is 16.7 Å². The molecule has 0 saturated carbocycles. The Hall–Kier alpha value is -0.570. The van der Waals surface area contributed by atoms with Crippen LogP contribution in [0.15, 0.2) is 0 Å². The molecule has 1 unspecified atom stereocenters. The maximum atomic E-state index is 11.5. The zero-order valence-corrected chi connectivity index (χ0v) is 13.3. The lowest BCUT2D eigenvalue weighted by Crippen LogP contribution is -2.45. The van der Waals surface area contributed by atoms with Gasteiger partial charge >= 0.3 is 5.97 Å². The minimum Gasteiger partial charge on any atom is -0.481 e.